The highest BCUT2D eigenvalue weighted by atomic mass is 35.5. The van der Waals surface area contributed by atoms with Gasteiger partial charge in [-0.2, -0.15) is 0 Å². The number of rotatable bonds is 6. The summed E-state index contributed by atoms with van der Waals surface area (Å²) in [5, 5.41) is -0.159. The molecule has 2 N–H and O–H groups in total. The van der Waals surface area contributed by atoms with Crippen LogP contribution in [0.2, 0.25) is 10.0 Å². The van der Waals surface area contributed by atoms with Crippen molar-refractivity contribution in [3.05, 3.63) is 62.3 Å². The van der Waals surface area contributed by atoms with Crippen molar-refractivity contribution in [1.82, 2.24) is 0 Å². The molecule has 0 saturated carbocycles. The predicted octanol–water partition coefficient (Wildman–Crippen LogP) is 4.79. The molecule has 1 aliphatic heterocycles. The normalized spacial score (nSPS) is 14.6. The van der Waals surface area contributed by atoms with Crippen LogP contribution < -0.4 is 9.44 Å². The molecule has 1 aliphatic rings. The van der Waals surface area contributed by atoms with Crippen LogP contribution in [0.3, 0.4) is 0 Å². The van der Waals surface area contributed by atoms with E-state index in [2.05, 4.69) is 4.72 Å². The van der Waals surface area contributed by atoms with Crippen molar-refractivity contribution in [3.8, 4) is 0 Å². The van der Waals surface area contributed by atoms with Crippen molar-refractivity contribution < 1.29 is 25.6 Å². The van der Waals surface area contributed by atoms with Gasteiger partial charge in [0.2, 0.25) is 0 Å². The lowest BCUT2D eigenvalue weighted by Gasteiger charge is -2.16. The van der Waals surface area contributed by atoms with Crippen molar-refractivity contribution in [3.63, 3.8) is 0 Å². The Balaban J connectivity index is 2.04. The number of hydrogen-bond acceptors (Lipinski definition) is 5. The number of halogens is 4. The highest BCUT2D eigenvalue weighted by Crippen LogP contribution is 2.37. The molecule has 0 saturated heterocycles. The molecule has 0 unspecified atom stereocenters. The Hall–Kier alpha value is -1.53. The second-order valence-corrected chi connectivity index (χ2v) is 11.2. The Morgan fingerprint density at radius 3 is 1.90 bits per heavy atom. The standard InChI is InChI=1S/C16H12Cl2F2N2O4S3/c17-9-7-13(21-28(23,24)15-5-2-6-27-15)14(8-10(9)18)22-29(25,26)16-11(19)3-1-4-12(16)20/h1,3-5,7-8,21-22H,2,6H2. The fourth-order valence-electron chi connectivity index (χ4n) is 2.43. The molecule has 0 aliphatic carbocycles. The van der Waals surface area contributed by atoms with Gasteiger partial charge in [-0.05, 0) is 30.7 Å². The molecule has 2 aromatic rings. The molecule has 6 nitrogen and oxygen atoms in total. The number of benzene rings is 2. The summed E-state index contributed by atoms with van der Waals surface area (Å²) in [7, 11) is -8.77. The van der Waals surface area contributed by atoms with Gasteiger partial charge in [0.15, 0.2) is 4.90 Å². The van der Waals surface area contributed by atoms with Crippen LogP contribution in [-0.2, 0) is 20.0 Å². The zero-order valence-corrected chi connectivity index (χ0v) is 18.2. The number of sulfonamides is 2. The van der Waals surface area contributed by atoms with Gasteiger partial charge in [0.1, 0.15) is 15.9 Å². The van der Waals surface area contributed by atoms with Crippen LogP contribution in [0.1, 0.15) is 6.42 Å². The van der Waals surface area contributed by atoms with Gasteiger partial charge in [0.25, 0.3) is 20.0 Å². The fourth-order valence-corrected chi connectivity index (χ4v) is 6.53. The monoisotopic (exact) mass is 500 g/mol. The third-order valence-corrected chi connectivity index (χ3v) is 8.90. The molecular formula is C16H12Cl2F2N2O4S3. The Bertz CT molecular complexity index is 1200. The molecular weight excluding hydrogens is 489 g/mol. The van der Waals surface area contributed by atoms with Crippen LogP contribution in [0, 0.1) is 11.6 Å². The predicted molar refractivity (Wildman–Crippen MR) is 111 cm³/mol. The van der Waals surface area contributed by atoms with E-state index in [9.17, 15) is 25.6 Å². The topological polar surface area (TPSA) is 92.3 Å². The molecule has 0 radical (unpaired) electrons. The van der Waals surface area contributed by atoms with Crippen LogP contribution in [0.4, 0.5) is 20.2 Å². The van der Waals surface area contributed by atoms with Gasteiger partial charge in [0, 0.05) is 5.75 Å². The smallest absolute Gasteiger partial charge is 0.267 e. The van der Waals surface area contributed by atoms with Crippen LogP contribution in [0.5, 0.6) is 0 Å². The summed E-state index contributed by atoms with van der Waals surface area (Å²) < 4.78 is 82.3. The van der Waals surface area contributed by atoms with Crippen molar-refractivity contribution in [2.24, 2.45) is 0 Å². The molecule has 1 heterocycles. The molecule has 0 fully saturated rings. The highest BCUT2D eigenvalue weighted by molar-refractivity contribution is 8.19. The van der Waals surface area contributed by atoms with E-state index in [1.165, 1.54) is 6.08 Å². The number of hydrogen-bond donors (Lipinski definition) is 2. The minimum Gasteiger partial charge on any atom is -0.277 e. The van der Waals surface area contributed by atoms with E-state index in [1.807, 2.05) is 4.72 Å². The van der Waals surface area contributed by atoms with E-state index >= 15 is 0 Å². The lowest BCUT2D eigenvalue weighted by Crippen LogP contribution is -2.19. The van der Waals surface area contributed by atoms with Crippen LogP contribution in [0.25, 0.3) is 0 Å². The Morgan fingerprint density at radius 2 is 1.41 bits per heavy atom. The van der Waals surface area contributed by atoms with Gasteiger partial charge in [-0.25, -0.2) is 25.6 Å². The van der Waals surface area contributed by atoms with E-state index in [0.29, 0.717) is 12.2 Å². The third-order valence-electron chi connectivity index (χ3n) is 3.67. The van der Waals surface area contributed by atoms with Crippen LogP contribution in [0.15, 0.2) is 45.5 Å². The van der Waals surface area contributed by atoms with Gasteiger partial charge < -0.3 is 0 Å². The number of thioether (sulfide) groups is 1. The molecule has 0 amide bonds. The molecule has 3 rings (SSSR count). The molecule has 2 aromatic carbocycles. The zero-order valence-electron chi connectivity index (χ0n) is 14.2. The molecule has 0 atom stereocenters. The van der Waals surface area contributed by atoms with E-state index in [-0.39, 0.29) is 25.7 Å². The molecule has 13 heteroatoms. The van der Waals surface area contributed by atoms with Crippen LogP contribution >= 0.6 is 35.0 Å². The van der Waals surface area contributed by atoms with Crippen molar-refractivity contribution in [2.45, 2.75) is 11.3 Å². The van der Waals surface area contributed by atoms with E-state index in [0.717, 1.165) is 42.1 Å². The van der Waals surface area contributed by atoms with E-state index in [1.54, 1.807) is 0 Å². The molecule has 0 aromatic heterocycles. The summed E-state index contributed by atoms with van der Waals surface area (Å²) in [6.45, 7) is 0. The SMILES string of the molecule is O=S(=O)(Nc1cc(Cl)c(Cl)cc1NS(=O)(=O)c1c(F)cccc1F)C1=CCCS1. The third kappa shape index (κ3) is 4.80. The Labute approximate surface area is 180 Å². The maximum absolute atomic E-state index is 13.9. The van der Waals surface area contributed by atoms with Crippen molar-refractivity contribution in [2.75, 3.05) is 15.2 Å². The molecule has 0 spiro atoms. The van der Waals surface area contributed by atoms with E-state index < -0.39 is 36.6 Å². The highest BCUT2D eigenvalue weighted by Gasteiger charge is 2.27. The summed E-state index contributed by atoms with van der Waals surface area (Å²) in [4.78, 5) is -1.21. The quantitative estimate of drug-likeness (QED) is 0.594. The minimum absolute atomic E-state index is 0.0579. The Kier molecular flexibility index (Phi) is 6.35. The lowest BCUT2D eigenvalue weighted by atomic mass is 10.3. The average Bonchev–Trinajstić information content (AvgIpc) is 3.14. The molecule has 0 bridgehead atoms. The molecule has 29 heavy (non-hydrogen) atoms. The summed E-state index contributed by atoms with van der Waals surface area (Å²) in [6.07, 6.45) is 2.08. The van der Waals surface area contributed by atoms with Gasteiger partial charge in [-0.3, -0.25) is 9.44 Å². The van der Waals surface area contributed by atoms with E-state index in [4.69, 9.17) is 23.2 Å². The average molecular weight is 501 g/mol. The van der Waals surface area contributed by atoms with Gasteiger partial charge in [-0.1, -0.05) is 35.3 Å². The van der Waals surface area contributed by atoms with Crippen LogP contribution in [-0.4, -0.2) is 22.6 Å². The minimum atomic E-state index is -4.76. The second-order valence-electron chi connectivity index (χ2n) is 5.73. The first-order valence-electron chi connectivity index (χ1n) is 7.83. The summed E-state index contributed by atoms with van der Waals surface area (Å²) in [5.41, 5.74) is -0.609. The maximum Gasteiger partial charge on any atom is 0.267 e. The number of anilines is 2. The Morgan fingerprint density at radius 1 is 0.897 bits per heavy atom. The summed E-state index contributed by atoms with van der Waals surface area (Å²) >= 11 is 13.0. The van der Waals surface area contributed by atoms with Gasteiger partial charge in [0.05, 0.1) is 21.4 Å². The number of allylic oxidation sites excluding steroid dienone is 1. The maximum atomic E-state index is 13.9. The molecule has 156 valence electrons. The lowest BCUT2D eigenvalue weighted by molar-refractivity contribution is 0.521. The zero-order chi connectivity index (χ0) is 21.4. The van der Waals surface area contributed by atoms with Gasteiger partial charge >= 0.3 is 0 Å². The second kappa shape index (κ2) is 8.31. The summed E-state index contributed by atoms with van der Waals surface area (Å²) in [5.74, 6) is -2.04. The number of nitrogens with one attached hydrogen (secondary N) is 2. The largest absolute Gasteiger partial charge is 0.277 e. The first-order chi connectivity index (χ1) is 13.5. The first-order valence-corrected chi connectivity index (χ1v) is 12.5. The first kappa shape index (κ1) is 22.2. The van der Waals surface area contributed by atoms with Crippen molar-refractivity contribution >= 4 is 66.4 Å². The summed E-state index contributed by atoms with van der Waals surface area (Å²) in [6, 6.07) is 4.70. The van der Waals surface area contributed by atoms with Gasteiger partial charge in [-0.15, -0.1) is 11.8 Å². The van der Waals surface area contributed by atoms with Crippen molar-refractivity contribution in [1.29, 1.82) is 0 Å². The fraction of sp³-hybridized carbons (Fsp3) is 0.125.